The van der Waals surface area contributed by atoms with E-state index in [1.165, 1.54) is 4.88 Å². The fraction of sp³-hybridized carbons (Fsp3) is 0.389. The predicted molar refractivity (Wildman–Crippen MR) is 101 cm³/mol. The van der Waals surface area contributed by atoms with Crippen molar-refractivity contribution >= 4 is 27.6 Å². The first-order chi connectivity index (χ1) is 11.3. The van der Waals surface area contributed by atoms with Gasteiger partial charge in [0.2, 0.25) is 0 Å². The van der Waals surface area contributed by atoms with Crippen LogP contribution in [-0.4, -0.2) is 14.6 Å². The van der Waals surface area contributed by atoms with Crippen LogP contribution in [0.1, 0.15) is 42.0 Å². The van der Waals surface area contributed by atoms with Crippen LogP contribution in [0.2, 0.25) is 0 Å². The highest BCUT2D eigenvalue weighted by Gasteiger charge is 2.13. The molecule has 0 radical (unpaired) electrons. The van der Waals surface area contributed by atoms with Crippen molar-refractivity contribution in [1.82, 2.24) is 4.83 Å². The molecule has 0 aliphatic carbocycles. The molecule has 0 aliphatic heterocycles. The number of rotatable bonds is 7. The number of nitrogens with zero attached hydrogens (tertiary/aromatic N) is 1. The third-order valence-electron chi connectivity index (χ3n) is 3.56. The monoisotopic (exact) mass is 364 g/mol. The van der Waals surface area contributed by atoms with Gasteiger partial charge in [-0.2, -0.15) is 13.5 Å². The van der Waals surface area contributed by atoms with Gasteiger partial charge in [0, 0.05) is 21.9 Å². The zero-order valence-electron chi connectivity index (χ0n) is 14.5. The van der Waals surface area contributed by atoms with E-state index in [1.54, 1.807) is 29.7 Å². The van der Waals surface area contributed by atoms with E-state index in [4.69, 9.17) is 0 Å². The molecule has 1 unspecified atom stereocenters. The number of hydrogen-bond donors (Lipinski definition) is 1. The standard InChI is InChI=1S/C18H24N2O2S2/c1-13(2)11-16-6-8-17(9-7-16)24(21,22)20-19-12-14(3)18-10-5-15(4)23-18/h5-10,12-14,20H,11H2,1-4H3. The molecule has 1 aromatic carbocycles. The molecule has 24 heavy (non-hydrogen) atoms. The first-order valence-corrected chi connectivity index (χ1v) is 10.3. The molecule has 1 aromatic heterocycles. The van der Waals surface area contributed by atoms with Crippen LogP contribution in [0.25, 0.3) is 0 Å². The molecule has 0 fully saturated rings. The summed E-state index contributed by atoms with van der Waals surface area (Å²) in [4.78, 5) is 4.91. The summed E-state index contributed by atoms with van der Waals surface area (Å²) in [5.41, 5.74) is 1.13. The highest BCUT2D eigenvalue weighted by atomic mass is 32.2. The van der Waals surface area contributed by atoms with Gasteiger partial charge in [-0.1, -0.05) is 32.9 Å². The summed E-state index contributed by atoms with van der Waals surface area (Å²) in [6, 6.07) is 11.1. The van der Waals surface area contributed by atoms with Crippen molar-refractivity contribution in [3.05, 3.63) is 51.7 Å². The summed E-state index contributed by atoms with van der Waals surface area (Å²) in [5.74, 6) is 0.609. The van der Waals surface area contributed by atoms with Crippen molar-refractivity contribution in [3.8, 4) is 0 Å². The molecule has 0 amide bonds. The summed E-state index contributed by atoms with van der Waals surface area (Å²) in [6.07, 6.45) is 2.56. The summed E-state index contributed by atoms with van der Waals surface area (Å²) in [7, 11) is -3.62. The molecule has 130 valence electrons. The van der Waals surface area contributed by atoms with E-state index in [2.05, 4.69) is 23.8 Å². The summed E-state index contributed by atoms with van der Waals surface area (Å²) >= 11 is 1.69. The van der Waals surface area contributed by atoms with Crippen molar-refractivity contribution in [2.75, 3.05) is 0 Å². The lowest BCUT2D eigenvalue weighted by Gasteiger charge is -2.07. The molecule has 6 heteroatoms. The summed E-state index contributed by atoms with van der Waals surface area (Å²) in [6.45, 7) is 8.31. The van der Waals surface area contributed by atoms with Gasteiger partial charge >= 0.3 is 0 Å². The van der Waals surface area contributed by atoms with E-state index in [0.29, 0.717) is 5.92 Å². The molecular formula is C18H24N2O2S2. The lowest BCUT2D eigenvalue weighted by atomic mass is 10.0. The summed E-state index contributed by atoms with van der Waals surface area (Å²) < 4.78 is 24.5. The quantitative estimate of drug-likeness (QED) is 0.587. The van der Waals surface area contributed by atoms with Gasteiger partial charge in [-0.3, -0.25) is 0 Å². The highest BCUT2D eigenvalue weighted by molar-refractivity contribution is 7.89. The van der Waals surface area contributed by atoms with Crippen molar-refractivity contribution in [3.63, 3.8) is 0 Å². The third-order valence-corrected chi connectivity index (χ3v) is 6.00. The van der Waals surface area contributed by atoms with Crippen molar-refractivity contribution in [2.24, 2.45) is 11.0 Å². The fourth-order valence-corrected chi connectivity index (χ4v) is 4.00. The minimum atomic E-state index is -3.62. The number of hydrogen-bond acceptors (Lipinski definition) is 4. The molecular weight excluding hydrogens is 340 g/mol. The topological polar surface area (TPSA) is 58.5 Å². The van der Waals surface area contributed by atoms with Gasteiger partial charge in [-0.15, -0.1) is 11.3 Å². The maximum atomic E-state index is 12.3. The maximum absolute atomic E-state index is 12.3. The maximum Gasteiger partial charge on any atom is 0.276 e. The van der Waals surface area contributed by atoms with Gasteiger partial charge in [-0.05, 0) is 49.1 Å². The third kappa shape index (κ3) is 5.18. The van der Waals surface area contributed by atoms with Gasteiger partial charge in [0.1, 0.15) is 0 Å². The van der Waals surface area contributed by atoms with E-state index in [0.717, 1.165) is 16.9 Å². The second kappa shape index (κ2) is 7.94. The normalized spacial score (nSPS) is 13.5. The number of nitrogens with one attached hydrogen (secondary N) is 1. The minimum absolute atomic E-state index is 0.0693. The van der Waals surface area contributed by atoms with E-state index >= 15 is 0 Å². The molecule has 1 atom stereocenters. The Labute approximate surface area is 148 Å². The fourth-order valence-electron chi connectivity index (χ4n) is 2.31. The van der Waals surface area contributed by atoms with Crippen LogP contribution in [0, 0.1) is 12.8 Å². The second-order valence-corrected chi connectivity index (χ2v) is 9.33. The molecule has 0 aliphatic rings. The Bertz CT molecular complexity index is 791. The predicted octanol–water partition coefficient (Wildman–Crippen LogP) is 4.32. The lowest BCUT2D eigenvalue weighted by Crippen LogP contribution is -2.18. The van der Waals surface area contributed by atoms with Gasteiger partial charge in [0.05, 0.1) is 4.90 Å². The number of benzene rings is 1. The van der Waals surface area contributed by atoms with E-state index < -0.39 is 10.0 Å². The average Bonchev–Trinajstić information content (AvgIpc) is 2.93. The Kier molecular flexibility index (Phi) is 6.18. The lowest BCUT2D eigenvalue weighted by molar-refractivity contribution is 0.584. The first-order valence-electron chi connectivity index (χ1n) is 7.98. The number of hydrazone groups is 1. The smallest absolute Gasteiger partial charge is 0.200 e. The molecule has 1 N–H and O–H groups in total. The van der Waals surface area contributed by atoms with Gasteiger partial charge in [0.25, 0.3) is 10.0 Å². The SMILES string of the molecule is Cc1ccc(C(C)C=NNS(=O)(=O)c2ccc(CC(C)C)cc2)s1. The Morgan fingerprint density at radius 3 is 2.33 bits per heavy atom. The van der Waals surface area contributed by atoms with Crippen LogP contribution in [0.4, 0.5) is 0 Å². The number of aryl methyl sites for hydroxylation is 1. The molecule has 0 saturated carbocycles. The molecule has 2 rings (SSSR count). The van der Waals surface area contributed by atoms with Crippen LogP contribution >= 0.6 is 11.3 Å². The average molecular weight is 365 g/mol. The van der Waals surface area contributed by atoms with Crippen molar-refractivity contribution in [1.29, 1.82) is 0 Å². The Hall–Kier alpha value is -1.66. The molecule has 2 aromatic rings. The Morgan fingerprint density at radius 1 is 1.12 bits per heavy atom. The minimum Gasteiger partial charge on any atom is -0.200 e. The van der Waals surface area contributed by atoms with Crippen LogP contribution < -0.4 is 4.83 Å². The first kappa shape index (κ1) is 18.7. The molecule has 4 nitrogen and oxygen atoms in total. The second-order valence-electron chi connectivity index (χ2n) is 6.35. The Morgan fingerprint density at radius 2 is 1.79 bits per heavy atom. The Balaban J connectivity index is 2.01. The van der Waals surface area contributed by atoms with Gasteiger partial charge in [-0.25, -0.2) is 4.83 Å². The zero-order valence-corrected chi connectivity index (χ0v) is 16.1. The molecule has 0 bridgehead atoms. The highest BCUT2D eigenvalue weighted by Crippen LogP contribution is 2.22. The molecule has 0 spiro atoms. The van der Waals surface area contributed by atoms with Gasteiger partial charge < -0.3 is 0 Å². The molecule has 0 saturated heterocycles. The number of sulfonamides is 1. The van der Waals surface area contributed by atoms with Gasteiger partial charge in [0.15, 0.2) is 0 Å². The van der Waals surface area contributed by atoms with Crippen molar-refractivity contribution in [2.45, 2.75) is 44.9 Å². The van der Waals surface area contributed by atoms with Crippen LogP contribution in [-0.2, 0) is 16.4 Å². The zero-order chi connectivity index (χ0) is 17.7. The van der Waals surface area contributed by atoms with Crippen molar-refractivity contribution < 1.29 is 8.42 Å². The van der Waals surface area contributed by atoms with Crippen LogP contribution in [0.3, 0.4) is 0 Å². The summed E-state index contributed by atoms with van der Waals surface area (Å²) in [5, 5.41) is 3.92. The van der Waals surface area contributed by atoms with E-state index in [-0.39, 0.29) is 10.8 Å². The van der Waals surface area contributed by atoms with Crippen LogP contribution in [0.15, 0.2) is 46.4 Å². The number of thiophene rings is 1. The van der Waals surface area contributed by atoms with E-state index in [1.807, 2.05) is 38.1 Å². The molecule has 1 heterocycles. The van der Waals surface area contributed by atoms with E-state index in [9.17, 15) is 8.42 Å². The van der Waals surface area contributed by atoms with Crippen LogP contribution in [0.5, 0.6) is 0 Å². The largest absolute Gasteiger partial charge is 0.276 e.